The molecule has 0 aliphatic rings. The highest BCUT2D eigenvalue weighted by molar-refractivity contribution is 7.18. The molecule has 0 radical (unpaired) electrons. The van der Waals surface area contributed by atoms with Crippen LogP contribution in [0.25, 0.3) is 0 Å². The maximum Gasteiger partial charge on any atom is 0.225 e. The monoisotopic (exact) mass is 487 g/mol. The molecule has 0 heterocycles. The van der Waals surface area contributed by atoms with Gasteiger partial charge in [-0.3, -0.25) is 9.59 Å². The molecule has 0 fully saturated rings. The number of ether oxygens (including phenoxy) is 1. The number of alkyl halides is 1. The Kier molecular flexibility index (Phi) is 11.6. The quantitative estimate of drug-likeness (QED) is 0.207. The third kappa shape index (κ3) is 10.8. The molecule has 1 amide bonds. The fourth-order valence-corrected chi connectivity index (χ4v) is 3.49. The third-order valence-electron chi connectivity index (χ3n) is 4.76. The molecule has 2 unspecified atom stereocenters. The van der Waals surface area contributed by atoms with Gasteiger partial charge in [-0.05, 0) is 50.3 Å². The topological polar surface area (TPSA) is 79.5 Å². The Balaban J connectivity index is 2.70. The highest BCUT2D eigenvalue weighted by atomic mass is 35.5. The molecule has 9 heteroatoms. The zero-order valence-corrected chi connectivity index (χ0v) is 21.5. The first-order valence-electron chi connectivity index (χ1n) is 10.7. The summed E-state index contributed by atoms with van der Waals surface area (Å²) in [6, 6.07) is 5.49. The summed E-state index contributed by atoms with van der Waals surface area (Å²) >= 11 is 6.11. The summed E-state index contributed by atoms with van der Waals surface area (Å²) in [6.07, 6.45) is 1.28. The molecule has 0 aliphatic carbocycles. The van der Waals surface area contributed by atoms with E-state index in [0.717, 1.165) is 11.3 Å². The lowest BCUT2D eigenvalue weighted by atomic mass is 9.88. The zero-order chi connectivity index (χ0) is 24.4. The SMILES string of the molecule is CCOc1ccc(Cl)cc1CNCC(C)(C)CC(=O)N/C(C=O)=C(\CCC(C)(F)P)NC. The molecule has 3 N–H and O–H groups in total. The molecule has 6 nitrogen and oxygen atoms in total. The van der Waals surface area contributed by atoms with Crippen LogP contribution in [0.1, 0.15) is 52.5 Å². The summed E-state index contributed by atoms with van der Waals surface area (Å²) in [7, 11) is 3.77. The molecule has 1 aromatic carbocycles. The predicted octanol–water partition coefficient (Wildman–Crippen LogP) is 4.33. The van der Waals surface area contributed by atoms with Crippen molar-refractivity contribution >= 4 is 33.0 Å². The Morgan fingerprint density at radius 3 is 2.56 bits per heavy atom. The molecule has 180 valence electrons. The van der Waals surface area contributed by atoms with Crippen molar-refractivity contribution in [2.45, 2.75) is 58.9 Å². The first-order chi connectivity index (χ1) is 14.9. The average molecular weight is 488 g/mol. The maximum absolute atomic E-state index is 13.8. The van der Waals surface area contributed by atoms with E-state index in [2.05, 4.69) is 25.2 Å². The van der Waals surface area contributed by atoms with E-state index in [9.17, 15) is 14.0 Å². The van der Waals surface area contributed by atoms with E-state index in [1.165, 1.54) is 6.92 Å². The Labute approximate surface area is 198 Å². The molecule has 0 bridgehead atoms. The minimum absolute atomic E-state index is 0.135. The van der Waals surface area contributed by atoms with Gasteiger partial charge in [0.25, 0.3) is 0 Å². The highest BCUT2D eigenvalue weighted by Gasteiger charge is 2.23. The van der Waals surface area contributed by atoms with Gasteiger partial charge in [-0.2, -0.15) is 0 Å². The van der Waals surface area contributed by atoms with Gasteiger partial charge < -0.3 is 20.7 Å². The molecule has 0 saturated heterocycles. The van der Waals surface area contributed by atoms with Gasteiger partial charge in [0.05, 0.1) is 6.61 Å². The Morgan fingerprint density at radius 2 is 2.00 bits per heavy atom. The molecular weight excluding hydrogens is 452 g/mol. The number of amides is 1. The second-order valence-corrected chi connectivity index (χ2v) is 10.4. The van der Waals surface area contributed by atoms with Gasteiger partial charge in [-0.1, -0.05) is 34.7 Å². The third-order valence-corrected chi connectivity index (χ3v) is 5.29. The number of hydrogen-bond donors (Lipinski definition) is 3. The van der Waals surface area contributed by atoms with Crippen LogP contribution in [0.4, 0.5) is 4.39 Å². The van der Waals surface area contributed by atoms with Crippen LogP contribution < -0.4 is 20.7 Å². The molecule has 0 aromatic heterocycles. The van der Waals surface area contributed by atoms with Gasteiger partial charge in [0, 0.05) is 42.8 Å². The van der Waals surface area contributed by atoms with Crippen molar-refractivity contribution < 1.29 is 18.7 Å². The number of nitrogens with one attached hydrogen (secondary N) is 3. The number of rotatable bonds is 14. The van der Waals surface area contributed by atoms with Crippen molar-refractivity contribution in [2.75, 3.05) is 20.2 Å². The lowest BCUT2D eigenvalue weighted by molar-refractivity contribution is -0.123. The lowest BCUT2D eigenvalue weighted by Gasteiger charge is -2.25. The van der Waals surface area contributed by atoms with Crippen molar-refractivity contribution in [1.29, 1.82) is 0 Å². The van der Waals surface area contributed by atoms with Crippen molar-refractivity contribution in [3.8, 4) is 5.75 Å². The van der Waals surface area contributed by atoms with Crippen molar-refractivity contribution in [2.24, 2.45) is 5.41 Å². The smallest absolute Gasteiger partial charge is 0.225 e. The lowest BCUT2D eigenvalue weighted by Crippen LogP contribution is -2.36. The van der Waals surface area contributed by atoms with Crippen molar-refractivity contribution in [3.63, 3.8) is 0 Å². The normalized spacial score (nSPS) is 14.2. The van der Waals surface area contributed by atoms with Crippen LogP contribution in [0.5, 0.6) is 5.75 Å². The Hall–Kier alpha value is -1.69. The van der Waals surface area contributed by atoms with E-state index in [1.807, 2.05) is 32.9 Å². The molecule has 1 aromatic rings. The van der Waals surface area contributed by atoms with Crippen LogP contribution in [0, 0.1) is 5.41 Å². The number of benzene rings is 1. The van der Waals surface area contributed by atoms with Crippen molar-refractivity contribution in [3.05, 3.63) is 40.2 Å². The molecule has 1 rings (SSSR count). The minimum atomic E-state index is -1.45. The van der Waals surface area contributed by atoms with Gasteiger partial charge in [-0.25, -0.2) is 4.39 Å². The summed E-state index contributed by atoms with van der Waals surface area (Å²) in [5.41, 5.74) is 1.20. The molecule has 32 heavy (non-hydrogen) atoms. The summed E-state index contributed by atoms with van der Waals surface area (Å²) < 4.78 is 19.4. The van der Waals surface area contributed by atoms with E-state index in [0.29, 0.717) is 43.1 Å². The number of hydrogen-bond acceptors (Lipinski definition) is 5. The largest absolute Gasteiger partial charge is 0.494 e. The summed E-state index contributed by atoms with van der Waals surface area (Å²) in [4.78, 5) is 24.1. The minimum Gasteiger partial charge on any atom is -0.494 e. The number of carbonyl (C=O) groups is 2. The fourth-order valence-electron chi connectivity index (χ4n) is 3.15. The predicted molar refractivity (Wildman–Crippen MR) is 131 cm³/mol. The van der Waals surface area contributed by atoms with Gasteiger partial charge in [-0.15, -0.1) is 0 Å². The van der Waals surface area contributed by atoms with Gasteiger partial charge in [0.15, 0.2) is 6.29 Å². The molecule has 2 atom stereocenters. The van der Waals surface area contributed by atoms with Crippen LogP contribution >= 0.6 is 20.8 Å². The van der Waals surface area contributed by atoms with Crippen LogP contribution in [0.15, 0.2) is 29.6 Å². The number of carbonyl (C=O) groups excluding carboxylic acids is 2. The van der Waals surface area contributed by atoms with Crippen molar-refractivity contribution in [1.82, 2.24) is 16.0 Å². The van der Waals surface area contributed by atoms with Crippen LogP contribution in [-0.2, 0) is 16.1 Å². The average Bonchev–Trinajstić information content (AvgIpc) is 2.68. The standard InChI is InChI=1S/C23H36ClFN3O3P/c1-6-31-20-8-7-17(24)11-16(20)13-27-15-22(2,3)12-21(30)28-19(14-29)18(26-5)9-10-23(4,25)32/h7-8,11,14,26-27H,6,9-10,12-13,15,32H2,1-5H3,(H,28,30)/b19-18+. The summed E-state index contributed by atoms with van der Waals surface area (Å²) in [5, 5.41) is 8.10. The first kappa shape index (κ1) is 28.3. The second kappa shape index (κ2) is 13.1. The van der Waals surface area contributed by atoms with Crippen LogP contribution in [0.3, 0.4) is 0 Å². The van der Waals surface area contributed by atoms with Crippen LogP contribution in [0.2, 0.25) is 5.02 Å². The summed E-state index contributed by atoms with van der Waals surface area (Å²) in [5.74, 6) is 0.494. The fraction of sp³-hybridized carbons (Fsp3) is 0.565. The van der Waals surface area contributed by atoms with E-state index in [-0.39, 0.29) is 29.9 Å². The van der Waals surface area contributed by atoms with E-state index in [4.69, 9.17) is 16.3 Å². The number of aldehydes is 1. The summed E-state index contributed by atoms with van der Waals surface area (Å²) in [6.45, 7) is 8.96. The van der Waals surface area contributed by atoms with E-state index >= 15 is 0 Å². The number of halogens is 2. The molecule has 0 aliphatic heterocycles. The molecular formula is C23H36ClFN3O3P. The zero-order valence-electron chi connectivity index (χ0n) is 19.6. The van der Waals surface area contributed by atoms with Gasteiger partial charge in [0.2, 0.25) is 5.91 Å². The second-order valence-electron chi connectivity index (χ2n) is 8.72. The van der Waals surface area contributed by atoms with Gasteiger partial charge in [0.1, 0.15) is 16.9 Å². The molecule has 0 spiro atoms. The Bertz CT molecular complexity index is 810. The van der Waals surface area contributed by atoms with Gasteiger partial charge >= 0.3 is 0 Å². The van der Waals surface area contributed by atoms with Crippen LogP contribution in [-0.4, -0.2) is 37.8 Å². The Morgan fingerprint density at radius 1 is 1.31 bits per heavy atom. The maximum atomic E-state index is 13.8. The highest BCUT2D eigenvalue weighted by Crippen LogP contribution is 2.27. The van der Waals surface area contributed by atoms with E-state index in [1.54, 1.807) is 13.1 Å². The number of allylic oxidation sites excluding steroid dienone is 2. The first-order valence-corrected chi connectivity index (χ1v) is 11.6. The van der Waals surface area contributed by atoms with E-state index < -0.39 is 5.41 Å². The molecule has 0 saturated carbocycles.